The van der Waals surface area contributed by atoms with Crippen molar-refractivity contribution in [2.75, 3.05) is 18.7 Å². The van der Waals surface area contributed by atoms with Crippen LogP contribution in [0.1, 0.15) is 12.0 Å². The molecule has 0 aliphatic heterocycles. The van der Waals surface area contributed by atoms with Gasteiger partial charge >= 0.3 is 6.03 Å². The molecular weight excluding hydrogens is 239 g/mol. The number of aliphatic hydroxyl groups is 1. The van der Waals surface area contributed by atoms with E-state index in [2.05, 4.69) is 10.5 Å². The third kappa shape index (κ3) is 3.24. The fourth-order valence-electron chi connectivity index (χ4n) is 1.55. The summed E-state index contributed by atoms with van der Waals surface area (Å²) in [7, 11) is 1.41. The van der Waals surface area contributed by atoms with Crippen molar-refractivity contribution in [3.05, 3.63) is 29.6 Å². The lowest BCUT2D eigenvalue weighted by atomic mass is 10.1. The van der Waals surface area contributed by atoms with Crippen LogP contribution in [0.4, 0.5) is 14.9 Å². The molecule has 0 saturated heterocycles. The zero-order valence-electron chi connectivity index (χ0n) is 9.98. The van der Waals surface area contributed by atoms with Gasteiger partial charge in [-0.2, -0.15) is 10.5 Å². The van der Waals surface area contributed by atoms with Crippen molar-refractivity contribution < 1.29 is 14.3 Å². The number of carbonyl (C=O) groups is 1. The number of benzene rings is 1. The van der Waals surface area contributed by atoms with Crippen molar-refractivity contribution in [1.82, 2.24) is 5.32 Å². The van der Waals surface area contributed by atoms with E-state index in [0.29, 0.717) is 24.1 Å². The summed E-state index contributed by atoms with van der Waals surface area (Å²) < 4.78 is 13.2. The molecule has 0 aromatic heterocycles. The number of carbonyl (C=O) groups excluding carboxylic acids is 1. The minimum absolute atomic E-state index is 0.0338. The average Bonchev–Trinajstić information content (AvgIpc) is 2.38. The Kier molecular flexibility index (Phi) is 5.19. The first-order valence-electron chi connectivity index (χ1n) is 5.42. The summed E-state index contributed by atoms with van der Waals surface area (Å²) in [5.41, 5.74) is 7.86. The van der Waals surface area contributed by atoms with E-state index in [-0.39, 0.29) is 6.61 Å². The first-order valence-corrected chi connectivity index (χ1v) is 5.42. The van der Waals surface area contributed by atoms with Gasteiger partial charge in [0.15, 0.2) is 0 Å². The third-order valence-corrected chi connectivity index (χ3v) is 2.38. The van der Waals surface area contributed by atoms with Crippen molar-refractivity contribution in [3.8, 4) is 0 Å². The summed E-state index contributed by atoms with van der Waals surface area (Å²) in [4.78, 5) is 11.5. The molecule has 0 aliphatic rings. The number of rotatable bonds is 5. The van der Waals surface area contributed by atoms with E-state index < -0.39 is 11.8 Å². The molecule has 0 unspecified atom stereocenters. The summed E-state index contributed by atoms with van der Waals surface area (Å²) in [5.74, 6) is -0.437. The van der Waals surface area contributed by atoms with Crippen LogP contribution in [0.3, 0.4) is 0 Å². The highest BCUT2D eigenvalue weighted by molar-refractivity contribution is 5.91. The van der Waals surface area contributed by atoms with Gasteiger partial charge in [-0.15, -0.1) is 0 Å². The number of aliphatic hydroxyl groups excluding tert-OH is 1. The molecule has 0 heterocycles. The fraction of sp³-hybridized carbons (Fsp3) is 0.364. The Morgan fingerprint density at radius 3 is 2.89 bits per heavy atom. The quantitative estimate of drug-likeness (QED) is 0.553. The van der Waals surface area contributed by atoms with Crippen LogP contribution in [0.2, 0.25) is 0 Å². The predicted molar refractivity (Wildman–Crippen MR) is 63.9 cm³/mol. The second kappa shape index (κ2) is 6.65. The van der Waals surface area contributed by atoms with Gasteiger partial charge in [0.2, 0.25) is 0 Å². The van der Waals surface area contributed by atoms with Crippen molar-refractivity contribution in [2.45, 2.75) is 12.8 Å². The first-order chi connectivity index (χ1) is 8.63. The fourth-order valence-corrected chi connectivity index (χ4v) is 1.55. The summed E-state index contributed by atoms with van der Waals surface area (Å²) >= 11 is 0. The molecule has 2 amide bonds. The van der Waals surface area contributed by atoms with Crippen LogP contribution in [-0.2, 0) is 6.42 Å². The number of hydrogen-bond acceptors (Lipinski definition) is 4. The Morgan fingerprint density at radius 1 is 1.61 bits per heavy atom. The van der Waals surface area contributed by atoms with Gasteiger partial charge in [0.05, 0.1) is 5.69 Å². The van der Waals surface area contributed by atoms with Crippen LogP contribution in [0.25, 0.3) is 0 Å². The number of hydrogen-bond donors (Lipinski definition) is 3. The van der Waals surface area contributed by atoms with Crippen LogP contribution >= 0.6 is 0 Å². The van der Waals surface area contributed by atoms with E-state index in [1.807, 2.05) is 0 Å². The molecule has 0 atom stereocenters. The smallest absolute Gasteiger partial charge is 0.343 e. The van der Waals surface area contributed by atoms with Crippen molar-refractivity contribution in [1.29, 1.82) is 5.53 Å². The number of nitrogens with zero attached hydrogens (tertiary/aromatic N) is 2. The molecule has 98 valence electrons. The second-order valence-electron chi connectivity index (χ2n) is 3.57. The number of aryl methyl sites for hydroxylation is 1. The standard InChI is InChI=1S/C11H15FN4O2/c1-14-11(18)16(15-13)10-5-4-9(12)7-8(10)3-2-6-17/h4-5,7,13,17H,2-3,6H2,1H3,(H,14,18). The minimum Gasteiger partial charge on any atom is -0.396 e. The summed E-state index contributed by atoms with van der Waals surface area (Å²) in [6.07, 6.45) is 0.836. The molecule has 6 nitrogen and oxygen atoms in total. The first kappa shape index (κ1) is 14.0. The van der Waals surface area contributed by atoms with Gasteiger partial charge in [-0.05, 0) is 36.6 Å². The van der Waals surface area contributed by atoms with E-state index in [0.717, 1.165) is 5.01 Å². The average molecular weight is 254 g/mol. The lowest BCUT2D eigenvalue weighted by Crippen LogP contribution is -2.34. The van der Waals surface area contributed by atoms with Crippen molar-refractivity contribution in [2.24, 2.45) is 5.22 Å². The number of halogens is 1. The highest BCUT2D eigenvalue weighted by Gasteiger charge is 2.17. The molecule has 1 rings (SSSR count). The van der Waals surface area contributed by atoms with E-state index in [1.165, 1.54) is 25.2 Å². The SMILES string of the molecule is CNC(=O)N(N=N)c1ccc(F)cc1CCCO. The molecule has 1 aromatic rings. The van der Waals surface area contributed by atoms with Gasteiger partial charge in [-0.25, -0.2) is 9.18 Å². The maximum atomic E-state index is 13.2. The predicted octanol–water partition coefficient (Wildman–Crippen LogP) is 1.84. The van der Waals surface area contributed by atoms with Crippen LogP contribution in [0.15, 0.2) is 23.4 Å². The Morgan fingerprint density at radius 2 is 2.33 bits per heavy atom. The van der Waals surface area contributed by atoms with Gasteiger partial charge in [0.1, 0.15) is 5.82 Å². The van der Waals surface area contributed by atoms with E-state index >= 15 is 0 Å². The molecular formula is C11H15FN4O2. The molecule has 0 spiro atoms. The molecule has 1 aromatic carbocycles. The number of amides is 2. The second-order valence-corrected chi connectivity index (χ2v) is 3.57. The molecule has 0 saturated carbocycles. The third-order valence-electron chi connectivity index (χ3n) is 2.38. The van der Waals surface area contributed by atoms with Crippen molar-refractivity contribution >= 4 is 11.7 Å². The van der Waals surface area contributed by atoms with E-state index in [1.54, 1.807) is 0 Å². The molecule has 0 radical (unpaired) electrons. The topological polar surface area (TPSA) is 88.8 Å². The van der Waals surface area contributed by atoms with Crippen LogP contribution in [-0.4, -0.2) is 24.8 Å². The Balaban J connectivity index is 3.11. The van der Waals surface area contributed by atoms with Crippen LogP contribution in [0, 0.1) is 11.3 Å². The minimum atomic E-state index is -0.582. The molecule has 0 bridgehead atoms. The largest absolute Gasteiger partial charge is 0.396 e. The van der Waals surface area contributed by atoms with Gasteiger partial charge in [-0.3, -0.25) is 0 Å². The highest BCUT2D eigenvalue weighted by atomic mass is 19.1. The van der Waals surface area contributed by atoms with Crippen molar-refractivity contribution in [3.63, 3.8) is 0 Å². The van der Waals surface area contributed by atoms with Crippen LogP contribution in [0.5, 0.6) is 0 Å². The highest BCUT2D eigenvalue weighted by Crippen LogP contribution is 2.23. The molecule has 3 N–H and O–H groups in total. The molecule has 0 fully saturated rings. The zero-order chi connectivity index (χ0) is 13.5. The van der Waals surface area contributed by atoms with Gasteiger partial charge in [0, 0.05) is 13.7 Å². The number of anilines is 1. The number of urea groups is 1. The zero-order valence-corrected chi connectivity index (χ0v) is 9.98. The summed E-state index contributed by atoms with van der Waals surface area (Å²) in [6, 6.07) is 3.27. The lowest BCUT2D eigenvalue weighted by molar-refractivity contribution is 0.248. The number of nitrogens with one attached hydrogen (secondary N) is 2. The summed E-state index contributed by atoms with van der Waals surface area (Å²) in [6.45, 7) is -0.0338. The Hall–Kier alpha value is -2.02. The van der Waals surface area contributed by atoms with Crippen LogP contribution < -0.4 is 10.3 Å². The molecule has 0 aliphatic carbocycles. The van der Waals surface area contributed by atoms with E-state index in [9.17, 15) is 9.18 Å². The van der Waals surface area contributed by atoms with Gasteiger partial charge in [0.25, 0.3) is 0 Å². The molecule has 18 heavy (non-hydrogen) atoms. The lowest BCUT2D eigenvalue weighted by Gasteiger charge is -2.18. The van der Waals surface area contributed by atoms with Gasteiger partial charge < -0.3 is 10.4 Å². The molecule has 7 heteroatoms. The van der Waals surface area contributed by atoms with E-state index in [4.69, 9.17) is 10.6 Å². The normalized spacial score (nSPS) is 9.94. The maximum absolute atomic E-state index is 13.2. The summed E-state index contributed by atoms with van der Waals surface area (Å²) in [5, 5.41) is 15.1. The Labute approximate surface area is 104 Å². The Bertz CT molecular complexity index is 439. The monoisotopic (exact) mass is 254 g/mol. The maximum Gasteiger partial charge on any atom is 0.343 e. The van der Waals surface area contributed by atoms with Gasteiger partial charge in [-0.1, -0.05) is 5.22 Å².